The van der Waals surface area contributed by atoms with Crippen LogP contribution >= 0.6 is 0 Å². The lowest BCUT2D eigenvalue weighted by atomic mass is 9.91. The molecule has 0 amide bonds. The first-order valence-corrected chi connectivity index (χ1v) is 9.63. The number of hydrogen-bond acceptors (Lipinski definition) is 3. The van der Waals surface area contributed by atoms with Gasteiger partial charge in [-0.1, -0.05) is 32.6 Å². The number of hydrogen-bond donors (Lipinski definition) is 1. The van der Waals surface area contributed by atoms with E-state index in [0.29, 0.717) is 17.6 Å². The van der Waals surface area contributed by atoms with Crippen molar-refractivity contribution < 1.29 is 8.42 Å². The van der Waals surface area contributed by atoms with Crippen LogP contribution in [0.15, 0.2) is 0 Å². The second kappa shape index (κ2) is 6.57. The second-order valence-corrected chi connectivity index (χ2v) is 8.99. The third-order valence-corrected chi connectivity index (χ3v) is 7.42. The molecule has 0 aromatic heterocycles. The first-order valence-electron chi connectivity index (χ1n) is 7.91. The van der Waals surface area contributed by atoms with Crippen LogP contribution in [0.4, 0.5) is 0 Å². The summed E-state index contributed by atoms with van der Waals surface area (Å²) in [4.78, 5) is 0. The molecule has 0 spiro atoms. The standard InChI is InChI=1S/C15H29NO2S/c1-12-6-5-9-14(10-12)19(17,18)11-15(16-2)13-7-3-4-8-13/h12-16H,3-11H2,1-2H3. The average molecular weight is 287 g/mol. The first-order chi connectivity index (χ1) is 9.03. The van der Waals surface area contributed by atoms with E-state index < -0.39 is 9.84 Å². The Morgan fingerprint density at radius 1 is 1.11 bits per heavy atom. The van der Waals surface area contributed by atoms with E-state index in [-0.39, 0.29) is 11.3 Å². The number of nitrogens with one attached hydrogen (secondary N) is 1. The predicted molar refractivity (Wildman–Crippen MR) is 80.0 cm³/mol. The van der Waals surface area contributed by atoms with Gasteiger partial charge in [-0.05, 0) is 44.6 Å². The van der Waals surface area contributed by atoms with Gasteiger partial charge in [-0.15, -0.1) is 0 Å². The molecule has 0 heterocycles. The van der Waals surface area contributed by atoms with Gasteiger partial charge in [0.1, 0.15) is 0 Å². The topological polar surface area (TPSA) is 46.2 Å². The maximum Gasteiger partial charge on any atom is 0.154 e. The van der Waals surface area contributed by atoms with Crippen LogP contribution < -0.4 is 5.32 Å². The van der Waals surface area contributed by atoms with Crippen LogP contribution in [0.3, 0.4) is 0 Å². The molecule has 2 aliphatic rings. The van der Waals surface area contributed by atoms with Crippen molar-refractivity contribution >= 4 is 9.84 Å². The predicted octanol–water partition coefficient (Wildman–Crippen LogP) is 2.76. The lowest BCUT2D eigenvalue weighted by Crippen LogP contribution is -2.42. The molecule has 2 saturated carbocycles. The average Bonchev–Trinajstić information content (AvgIpc) is 2.90. The van der Waals surface area contributed by atoms with Crippen molar-refractivity contribution in [3.05, 3.63) is 0 Å². The van der Waals surface area contributed by atoms with Gasteiger partial charge in [-0.25, -0.2) is 8.42 Å². The molecule has 0 aromatic carbocycles. The molecule has 2 aliphatic carbocycles. The molecule has 0 saturated heterocycles. The third-order valence-electron chi connectivity index (χ3n) is 5.15. The van der Waals surface area contributed by atoms with Crippen molar-refractivity contribution in [3.63, 3.8) is 0 Å². The summed E-state index contributed by atoms with van der Waals surface area (Å²) in [5.74, 6) is 1.50. The van der Waals surface area contributed by atoms with E-state index in [1.807, 2.05) is 7.05 Å². The quantitative estimate of drug-likeness (QED) is 0.845. The van der Waals surface area contributed by atoms with Gasteiger partial charge in [-0.2, -0.15) is 0 Å². The Kier molecular flexibility index (Phi) is 5.29. The third kappa shape index (κ3) is 3.94. The monoisotopic (exact) mass is 287 g/mol. The molecule has 0 aromatic rings. The fourth-order valence-corrected chi connectivity index (χ4v) is 6.26. The fraction of sp³-hybridized carbons (Fsp3) is 1.00. The Hall–Kier alpha value is -0.0900. The van der Waals surface area contributed by atoms with Crippen molar-refractivity contribution in [2.24, 2.45) is 11.8 Å². The number of rotatable bonds is 5. The van der Waals surface area contributed by atoms with Crippen molar-refractivity contribution in [1.29, 1.82) is 0 Å². The summed E-state index contributed by atoms with van der Waals surface area (Å²) in [6, 6.07) is 0.171. The second-order valence-electron chi connectivity index (χ2n) is 6.66. The van der Waals surface area contributed by atoms with Crippen LogP contribution in [0.2, 0.25) is 0 Å². The molecule has 0 bridgehead atoms. The van der Waals surface area contributed by atoms with Crippen molar-refractivity contribution in [3.8, 4) is 0 Å². The Morgan fingerprint density at radius 2 is 1.79 bits per heavy atom. The van der Waals surface area contributed by atoms with E-state index in [9.17, 15) is 8.42 Å². The van der Waals surface area contributed by atoms with Crippen molar-refractivity contribution in [2.75, 3.05) is 12.8 Å². The van der Waals surface area contributed by atoms with Crippen LogP contribution in [0.1, 0.15) is 58.3 Å². The maximum absolute atomic E-state index is 12.6. The van der Waals surface area contributed by atoms with Gasteiger partial charge in [0.15, 0.2) is 9.84 Å². The molecule has 3 unspecified atom stereocenters. The zero-order valence-corrected chi connectivity index (χ0v) is 13.2. The van der Waals surface area contributed by atoms with Crippen LogP contribution in [-0.4, -0.2) is 32.5 Å². The minimum absolute atomic E-state index is 0.0755. The van der Waals surface area contributed by atoms with Gasteiger partial charge < -0.3 is 5.32 Å². The van der Waals surface area contributed by atoms with E-state index in [1.165, 1.54) is 32.1 Å². The summed E-state index contributed by atoms with van der Waals surface area (Å²) in [6.45, 7) is 2.19. The normalized spacial score (nSPS) is 31.5. The highest BCUT2D eigenvalue weighted by molar-refractivity contribution is 7.92. The van der Waals surface area contributed by atoms with Crippen LogP contribution in [-0.2, 0) is 9.84 Å². The van der Waals surface area contributed by atoms with Gasteiger partial charge >= 0.3 is 0 Å². The first kappa shape index (κ1) is 15.3. The lowest BCUT2D eigenvalue weighted by Gasteiger charge is -2.29. The van der Waals surface area contributed by atoms with E-state index >= 15 is 0 Å². The minimum Gasteiger partial charge on any atom is -0.316 e. The largest absolute Gasteiger partial charge is 0.316 e. The Morgan fingerprint density at radius 3 is 2.37 bits per heavy atom. The SMILES string of the molecule is CNC(CS(=O)(=O)C1CCCC(C)C1)C1CCCC1. The van der Waals surface area contributed by atoms with Crippen molar-refractivity contribution in [2.45, 2.75) is 69.6 Å². The smallest absolute Gasteiger partial charge is 0.154 e. The maximum atomic E-state index is 12.6. The lowest BCUT2D eigenvalue weighted by molar-refractivity contribution is 0.373. The zero-order valence-electron chi connectivity index (χ0n) is 12.4. The molecule has 0 radical (unpaired) electrons. The molecule has 2 fully saturated rings. The molecule has 3 atom stereocenters. The fourth-order valence-electron chi connectivity index (χ4n) is 3.91. The van der Waals surface area contributed by atoms with Crippen LogP contribution in [0, 0.1) is 11.8 Å². The van der Waals surface area contributed by atoms with Crippen molar-refractivity contribution in [1.82, 2.24) is 5.32 Å². The Labute approximate surface area is 118 Å². The van der Waals surface area contributed by atoms with Crippen LogP contribution in [0.25, 0.3) is 0 Å². The van der Waals surface area contributed by atoms with Crippen LogP contribution in [0.5, 0.6) is 0 Å². The van der Waals surface area contributed by atoms with Gasteiger partial charge in [0.05, 0.1) is 11.0 Å². The van der Waals surface area contributed by atoms with Gasteiger partial charge in [-0.3, -0.25) is 0 Å². The zero-order chi connectivity index (χ0) is 13.9. The van der Waals surface area contributed by atoms with Gasteiger partial charge in [0.2, 0.25) is 0 Å². The highest BCUT2D eigenvalue weighted by Crippen LogP contribution is 2.32. The van der Waals surface area contributed by atoms with E-state index in [4.69, 9.17) is 0 Å². The minimum atomic E-state index is -2.93. The molecule has 0 aliphatic heterocycles. The van der Waals surface area contributed by atoms with Gasteiger partial charge in [0.25, 0.3) is 0 Å². The molecular formula is C15H29NO2S. The molecule has 112 valence electrons. The summed E-state index contributed by atoms with van der Waals surface area (Å²) in [7, 11) is -1.01. The molecule has 2 rings (SSSR count). The summed E-state index contributed by atoms with van der Waals surface area (Å²) in [5, 5.41) is 3.20. The highest BCUT2D eigenvalue weighted by Gasteiger charge is 2.34. The summed E-state index contributed by atoms with van der Waals surface area (Å²) < 4.78 is 25.2. The number of sulfone groups is 1. The summed E-state index contributed by atoms with van der Waals surface area (Å²) in [5.41, 5.74) is 0. The summed E-state index contributed by atoms with van der Waals surface area (Å²) in [6.07, 6.45) is 8.97. The molecule has 19 heavy (non-hydrogen) atoms. The van der Waals surface area contributed by atoms with E-state index in [2.05, 4.69) is 12.2 Å². The molecule has 3 nitrogen and oxygen atoms in total. The Balaban J connectivity index is 1.98. The molecule has 1 N–H and O–H groups in total. The highest BCUT2D eigenvalue weighted by atomic mass is 32.2. The van der Waals surface area contributed by atoms with E-state index in [1.54, 1.807) is 0 Å². The molecule has 4 heteroatoms. The van der Waals surface area contributed by atoms with E-state index in [0.717, 1.165) is 19.3 Å². The summed E-state index contributed by atoms with van der Waals surface area (Å²) >= 11 is 0. The van der Waals surface area contributed by atoms with Gasteiger partial charge in [0, 0.05) is 6.04 Å². The Bertz CT molecular complexity index is 374. The molecular weight excluding hydrogens is 258 g/mol.